The lowest BCUT2D eigenvalue weighted by atomic mass is 10.1. The first-order valence-corrected chi connectivity index (χ1v) is 11.6. The van der Waals surface area contributed by atoms with Gasteiger partial charge in [-0.1, -0.05) is 24.3 Å². The highest BCUT2D eigenvalue weighted by atomic mass is 32.1. The third-order valence-corrected chi connectivity index (χ3v) is 7.15. The first kappa shape index (κ1) is 19.3. The van der Waals surface area contributed by atoms with Crippen molar-refractivity contribution in [1.82, 2.24) is 10.3 Å². The molecular formula is C22H26N3OS2+. The standard InChI is InChI=1S/C22H25N3OS2/c1-16-20(28-22(24-16)19-9-12-27-15-19)21(26)23-13-17-5-7-18(8-6-17)14-25-10-3-2-4-11-25/h5-9,12,15H,2-4,10-11,13-14H2,1H3,(H,23,26)/p+1. The van der Waals surface area contributed by atoms with Crippen molar-refractivity contribution in [3.63, 3.8) is 0 Å². The molecule has 1 aromatic carbocycles. The number of amides is 1. The molecule has 1 aliphatic heterocycles. The van der Waals surface area contributed by atoms with Crippen LogP contribution in [0.2, 0.25) is 0 Å². The monoisotopic (exact) mass is 412 g/mol. The average molecular weight is 413 g/mol. The van der Waals surface area contributed by atoms with E-state index in [1.807, 2.05) is 18.4 Å². The Bertz CT molecular complexity index is 910. The molecule has 0 bridgehead atoms. The van der Waals surface area contributed by atoms with Gasteiger partial charge in [0.25, 0.3) is 5.91 Å². The number of hydrogen-bond donors (Lipinski definition) is 2. The van der Waals surface area contributed by atoms with Crippen molar-refractivity contribution in [2.24, 2.45) is 0 Å². The number of piperidine rings is 1. The van der Waals surface area contributed by atoms with Crippen molar-refractivity contribution >= 4 is 28.6 Å². The SMILES string of the molecule is Cc1nc(-c2ccsc2)sc1C(=O)NCc1ccc(C[NH+]2CCCCC2)cc1. The first-order valence-electron chi connectivity index (χ1n) is 9.88. The zero-order chi connectivity index (χ0) is 19.3. The Kier molecular flexibility index (Phi) is 6.20. The van der Waals surface area contributed by atoms with Gasteiger partial charge in [-0.25, -0.2) is 4.98 Å². The second kappa shape index (κ2) is 8.99. The number of quaternary nitrogens is 1. The summed E-state index contributed by atoms with van der Waals surface area (Å²) in [5, 5.41) is 8.05. The van der Waals surface area contributed by atoms with Crippen molar-refractivity contribution in [3.05, 3.63) is 62.8 Å². The lowest BCUT2D eigenvalue weighted by molar-refractivity contribution is -0.918. The van der Waals surface area contributed by atoms with Gasteiger partial charge < -0.3 is 10.2 Å². The topological polar surface area (TPSA) is 46.4 Å². The zero-order valence-electron chi connectivity index (χ0n) is 16.2. The van der Waals surface area contributed by atoms with Gasteiger partial charge in [-0.2, -0.15) is 11.3 Å². The van der Waals surface area contributed by atoms with Crippen LogP contribution in [0.25, 0.3) is 10.6 Å². The molecule has 2 aromatic heterocycles. The Balaban J connectivity index is 1.33. The molecule has 1 fully saturated rings. The third-order valence-electron chi connectivity index (χ3n) is 5.26. The van der Waals surface area contributed by atoms with Crippen LogP contribution in [0.1, 0.15) is 45.8 Å². The maximum absolute atomic E-state index is 12.6. The summed E-state index contributed by atoms with van der Waals surface area (Å²) < 4.78 is 0. The maximum atomic E-state index is 12.6. The summed E-state index contributed by atoms with van der Waals surface area (Å²) in [6.45, 7) is 6.14. The molecule has 0 aliphatic carbocycles. The minimum atomic E-state index is -0.0432. The smallest absolute Gasteiger partial charge is 0.263 e. The van der Waals surface area contributed by atoms with E-state index in [-0.39, 0.29) is 5.91 Å². The summed E-state index contributed by atoms with van der Waals surface area (Å²) in [6.07, 6.45) is 4.09. The molecule has 4 nitrogen and oxygen atoms in total. The first-order chi connectivity index (χ1) is 13.7. The molecule has 0 saturated carbocycles. The lowest BCUT2D eigenvalue weighted by Gasteiger charge is -2.23. The van der Waals surface area contributed by atoms with Crippen molar-refractivity contribution < 1.29 is 9.69 Å². The molecule has 1 aliphatic rings. The molecule has 3 aromatic rings. The van der Waals surface area contributed by atoms with Crippen LogP contribution in [-0.2, 0) is 13.1 Å². The van der Waals surface area contributed by atoms with Crippen LogP contribution in [0.3, 0.4) is 0 Å². The predicted molar refractivity (Wildman–Crippen MR) is 116 cm³/mol. The van der Waals surface area contributed by atoms with Crippen molar-refractivity contribution in [2.45, 2.75) is 39.3 Å². The fourth-order valence-corrected chi connectivity index (χ4v) is 5.37. The van der Waals surface area contributed by atoms with Gasteiger partial charge in [0.1, 0.15) is 16.4 Å². The predicted octanol–water partition coefficient (Wildman–Crippen LogP) is 3.68. The number of thiophene rings is 1. The number of carbonyl (C=O) groups excluding carboxylic acids is 1. The van der Waals surface area contributed by atoms with E-state index in [0.29, 0.717) is 11.4 Å². The number of nitrogens with one attached hydrogen (secondary N) is 2. The van der Waals surface area contributed by atoms with Gasteiger partial charge in [0.2, 0.25) is 0 Å². The maximum Gasteiger partial charge on any atom is 0.263 e. The number of thiazole rings is 1. The molecule has 1 saturated heterocycles. The molecule has 1 amide bonds. The number of hydrogen-bond acceptors (Lipinski definition) is 4. The Hall–Kier alpha value is -2.02. The van der Waals surface area contributed by atoms with Crippen molar-refractivity contribution in [1.29, 1.82) is 0 Å². The summed E-state index contributed by atoms with van der Waals surface area (Å²) in [6, 6.07) is 10.7. The highest BCUT2D eigenvalue weighted by Crippen LogP contribution is 2.29. The fraction of sp³-hybridized carbons (Fsp3) is 0.364. The van der Waals surface area contributed by atoms with Crippen LogP contribution in [0.4, 0.5) is 0 Å². The molecule has 4 rings (SSSR count). The number of carbonyl (C=O) groups is 1. The van der Waals surface area contributed by atoms with E-state index in [0.717, 1.165) is 28.4 Å². The van der Waals surface area contributed by atoms with E-state index in [2.05, 4.69) is 39.9 Å². The summed E-state index contributed by atoms with van der Waals surface area (Å²) in [5.41, 5.74) is 4.39. The minimum Gasteiger partial charge on any atom is -0.347 e. The molecule has 2 N–H and O–H groups in total. The summed E-state index contributed by atoms with van der Waals surface area (Å²) in [5.74, 6) is -0.0432. The normalized spacial score (nSPS) is 14.9. The van der Waals surface area contributed by atoms with E-state index in [9.17, 15) is 4.79 Å². The summed E-state index contributed by atoms with van der Waals surface area (Å²) >= 11 is 3.11. The van der Waals surface area contributed by atoms with E-state index in [1.165, 1.54) is 49.3 Å². The molecule has 28 heavy (non-hydrogen) atoms. The number of aryl methyl sites for hydroxylation is 1. The second-order valence-corrected chi connectivity index (χ2v) is 9.21. The van der Waals surface area contributed by atoms with Crippen LogP contribution in [-0.4, -0.2) is 24.0 Å². The number of nitrogens with zero attached hydrogens (tertiary/aromatic N) is 1. The Morgan fingerprint density at radius 3 is 2.57 bits per heavy atom. The number of aromatic nitrogens is 1. The van der Waals surface area contributed by atoms with Crippen molar-refractivity contribution in [3.8, 4) is 10.6 Å². The van der Waals surface area contributed by atoms with Gasteiger partial charge >= 0.3 is 0 Å². The second-order valence-electron chi connectivity index (χ2n) is 7.43. The van der Waals surface area contributed by atoms with Gasteiger partial charge in [0, 0.05) is 23.1 Å². The highest BCUT2D eigenvalue weighted by molar-refractivity contribution is 7.17. The Morgan fingerprint density at radius 1 is 1.11 bits per heavy atom. The molecule has 0 unspecified atom stereocenters. The quantitative estimate of drug-likeness (QED) is 0.649. The van der Waals surface area contributed by atoms with E-state index >= 15 is 0 Å². The Labute approximate surface area is 174 Å². The summed E-state index contributed by atoms with van der Waals surface area (Å²) in [7, 11) is 0. The largest absolute Gasteiger partial charge is 0.347 e. The van der Waals surface area contributed by atoms with E-state index in [1.54, 1.807) is 16.2 Å². The van der Waals surface area contributed by atoms with Gasteiger partial charge in [-0.05, 0) is 43.2 Å². The molecular weight excluding hydrogens is 386 g/mol. The van der Waals surface area contributed by atoms with E-state index < -0.39 is 0 Å². The average Bonchev–Trinajstić information content (AvgIpc) is 3.38. The van der Waals surface area contributed by atoms with Crippen LogP contribution in [0.15, 0.2) is 41.1 Å². The number of likely N-dealkylation sites (tertiary alicyclic amines) is 1. The highest BCUT2D eigenvalue weighted by Gasteiger charge is 2.17. The molecule has 6 heteroatoms. The van der Waals surface area contributed by atoms with Gasteiger partial charge in [-0.3, -0.25) is 4.79 Å². The number of rotatable bonds is 6. The molecule has 3 heterocycles. The number of benzene rings is 1. The van der Waals surface area contributed by atoms with Crippen LogP contribution < -0.4 is 10.2 Å². The lowest BCUT2D eigenvalue weighted by Crippen LogP contribution is -3.11. The van der Waals surface area contributed by atoms with Crippen molar-refractivity contribution in [2.75, 3.05) is 13.1 Å². The third kappa shape index (κ3) is 4.69. The molecule has 0 radical (unpaired) electrons. The van der Waals surface area contributed by atoms with Crippen LogP contribution in [0, 0.1) is 6.92 Å². The minimum absolute atomic E-state index is 0.0432. The summed E-state index contributed by atoms with van der Waals surface area (Å²) in [4.78, 5) is 19.6. The van der Waals surface area contributed by atoms with Gasteiger partial charge in [-0.15, -0.1) is 11.3 Å². The molecule has 0 atom stereocenters. The Morgan fingerprint density at radius 2 is 1.86 bits per heavy atom. The van der Waals surface area contributed by atoms with Gasteiger partial charge in [0.15, 0.2) is 0 Å². The zero-order valence-corrected chi connectivity index (χ0v) is 17.8. The fourth-order valence-electron chi connectivity index (χ4n) is 3.67. The van der Waals surface area contributed by atoms with Crippen LogP contribution in [0.5, 0.6) is 0 Å². The molecule has 0 spiro atoms. The van der Waals surface area contributed by atoms with E-state index in [4.69, 9.17) is 0 Å². The van der Waals surface area contributed by atoms with Crippen LogP contribution >= 0.6 is 22.7 Å². The molecule has 146 valence electrons. The van der Waals surface area contributed by atoms with Gasteiger partial charge in [0.05, 0.1) is 18.8 Å².